The van der Waals surface area contributed by atoms with E-state index in [1.165, 1.54) is 18.3 Å². The van der Waals surface area contributed by atoms with E-state index in [9.17, 15) is 22.4 Å². The van der Waals surface area contributed by atoms with E-state index in [4.69, 9.17) is 4.74 Å². The number of anilines is 2. The van der Waals surface area contributed by atoms with Gasteiger partial charge in [-0.1, -0.05) is 6.07 Å². The topological polar surface area (TPSA) is 63.2 Å². The van der Waals surface area contributed by atoms with Gasteiger partial charge >= 0.3 is 6.18 Å². The molecule has 0 saturated heterocycles. The summed E-state index contributed by atoms with van der Waals surface area (Å²) in [4.78, 5) is 16.3. The highest BCUT2D eigenvalue weighted by Crippen LogP contribution is 2.32. The van der Waals surface area contributed by atoms with Crippen LogP contribution in [0.2, 0.25) is 0 Å². The summed E-state index contributed by atoms with van der Waals surface area (Å²) >= 11 is 0. The summed E-state index contributed by atoms with van der Waals surface area (Å²) < 4.78 is 58.2. The first kappa shape index (κ1) is 21.1. The predicted molar refractivity (Wildman–Crippen MR) is 104 cm³/mol. The summed E-state index contributed by atoms with van der Waals surface area (Å²) in [5.74, 6) is -1.81. The van der Waals surface area contributed by atoms with Crippen LogP contribution in [0.4, 0.5) is 28.9 Å². The lowest BCUT2D eigenvalue weighted by Crippen LogP contribution is -2.17. The minimum Gasteiger partial charge on any atom is -0.439 e. The molecule has 0 spiro atoms. The quantitative estimate of drug-likeness (QED) is 0.526. The highest BCUT2D eigenvalue weighted by molar-refractivity contribution is 6.04. The van der Waals surface area contributed by atoms with Crippen LogP contribution in [0, 0.1) is 12.7 Å². The molecule has 3 rings (SSSR count). The highest BCUT2D eigenvalue weighted by Gasteiger charge is 2.35. The van der Waals surface area contributed by atoms with Crippen molar-refractivity contribution in [1.29, 1.82) is 0 Å². The summed E-state index contributed by atoms with van der Waals surface area (Å²) in [5, 5.41) is 5.34. The minimum absolute atomic E-state index is 0.173. The Morgan fingerprint density at radius 3 is 2.40 bits per heavy atom. The monoisotopic (exact) mass is 419 g/mol. The Morgan fingerprint density at radius 2 is 1.80 bits per heavy atom. The number of carbonyl (C=O) groups excluding carboxylic acids is 1. The van der Waals surface area contributed by atoms with Gasteiger partial charge in [0.2, 0.25) is 5.88 Å². The van der Waals surface area contributed by atoms with E-state index < -0.39 is 29.0 Å². The predicted octanol–water partition coefficient (Wildman–Crippen LogP) is 5.63. The van der Waals surface area contributed by atoms with E-state index in [-0.39, 0.29) is 11.6 Å². The van der Waals surface area contributed by atoms with Gasteiger partial charge in [-0.05, 0) is 48.9 Å². The fourth-order valence-corrected chi connectivity index (χ4v) is 2.67. The number of aryl methyl sites for hydroxylation is 1. The number of nitrogens with one attached hydrogen (secondary N) is 2. The fourth-order valence-electron chi connectivity index (χ4n) is 2.67. The summed E-state index contributed by atoms with van der Waals surface area (Å²) in [6, 6.07) is 10.9. The number of hydrogen-bond acceptors (Lipinski definition) is 4. The van der Waals surface area contributed by atoms with Crippen LogP contribution in [0.15, 0.2) is 54.7 Å². The molecule has 2 aromatic carbocycles. The van der Waals surface area contributed by atoms with Gasteiger partial charge in [0.25, 0.3) is 5.91 Å². The first-order valence-electron chi connectivity index (χ1n) is 8.78. The molecule has 0 saturated carbocycles. The van der Waals surface area contributed by atoms with Gasteiger partial charge in [0.15, 0.2) is 0 Å². The van der Waals surface area contributed by atoms with E-state index in [0.717, 1.165) is 23.4 Å². The molecule has 0 fully saturated rings. The molecule has 156 valence electrons. The van der Waals surface area contributed by atoms with Crippen LogP contribution in [0.25, 0.3) is 0 Å². The largest absolute Gasteiger partial charge is 0.439 e. The second-order valence-corrected chi connectivity index (χ2v) is 6.34. The maximum atomic E-state index is 14.1. The second-order valence-electron chi connectivity index (χ2n) is 6.34. The van der Waals surface area contributed by atoms with Crippen LogP contribution in [-0.2, 0) is 6.18 Å². The molecule has 0 bridgehead atoms. The molecule has 1 heterocycles. The van der Waals surface area contributed by atoms with E-state index in [0.29, 0.717) is 11.8 Å². The van der Waals surface area contributed by atoms with Crippen LogP contribution >= 0.6 is 0 Å². The van der Waals surface area contributed by atoms with Gasteiger partial charge in [0.05, 0.1) is 23.0 Å². The molecule has 0 atom stereocenters. The third-order valence-corrected chi connectivity index (χ3v) is 4.22. The second kappa shape index (κ2) is 8.40. The normalized spacial score (nSPS) is 11.1. The maximum absolute atomic E-state index is 14.1. The fraction of sp³-hybridized carbons (Fsp3) is 0.143. The lowest BCUT2D eigenvalue weighted by Gasteiger charge is -2.12. The average molecular weight is 419 g/mol. The van der Waals surface area contributed by atoms with E-state index in [1.807, 2.05) is 19.1 Å². The summed E-state index contributed by atoms with van der Waals surface area (Å²) in [6.45, 7) is 1.87. The van der Waals surface area contributed by atoms with Gasteiger partial charge in [-0.25, -0.2) is 9.37 Å². The maximum Gasteiger partial charge on any atom is 0.419 e. The molecule has 1 amide bonds. The smallest absolute Gasteiger partial charge is 0.419 e. The van der Waals surface area contributed by atoms with Gasteiger partial charge in [-0.15, -0.1) is 0 Å². The molecule has 5 nitrogen and oxygen atoms in total. The molecule has 30 heavy (non-hydrogen) atoms. The van der Waals surface area contributed by atoms with Crippen molar-refractivity contribution in [1.82, 2.24) is 4.98 Å². The molecule has 0 aliphatic heterocycles. The van der Waals surface area contributed by atoms with Gasteiger partial charge < -0.3 is 15.4 Å². The number of aromatic nitrogens is 1. The lowest BCUT2D eigenvalue weighted by atomic mass is 10.1. The molecule has 0 radical (unpaired) electrons. The Balaban J connectivity index is 1.73. The zero-order valence-electron chi connectivity index (χ0n) is 16.0. The number of ether oxygens (including phenoxy) is 1. The third-order valence-electron chi connectivity index (χ3n) is 4.22. The van der Waals surface area contributed by atoms with Crippen molar-refractivity contribution in [3.63, 3.8) is 0 Å². The van der Waals surface area contributed by atoms with Crippen molar-refractivity contribution in [2.75, 3.05) is 17.7 Å². The number of carbonyl (C=O) groups is 1. The van der Waals surface area contributed by atoms with Crippen molar-refractivity contribution >= 4 is 17.3 Å². The summed E-state index contributed by atoms with van der Waals surface area (Å²) in [6.07, 6.45) is -3.64. The molecule has 0 unspecified atom stereocenters. The summed E-state index contributed by atoms with van der Waals surface area (Å²) in [5.41, 5.74) is -0.248. The molecule has 2 N–H and O–H groups in total. The Kier molecular flexibility index (Phi) is 5.91. The van der Waals surface area contributed by atoms with Crippen molar-refractivity contribution in [3.8, 4) is 11.6 Å². The Morgan fingerprint density at radius 1 is 1.07 bits per heavy atom. The van der Waals surface area contributed by atoms with Crippen LogP contribution < -0.4 is 15.4 Å². The SMILES string of the molecule is CNc1ccc(Oc2ccc(NC(=O)c3cccc(C(F)(F)F)c3F)cn2)c(C)c1. The van der Waals surface area contributed by atoms with Crippen LogP contribution in [0.5, 0.6) is 11.6 Å². The lowest BCUT2D eigenvalue weighted by molar-refractivity contribution is -0.140. The number of nitrogens with zero attached hydrogens (tertiary/aromatic N) is 1. The van der Waals surface area contributed by atoms with Gasteiger partial charge in [-0.2, -0.15) is 13.2 Å². The molecule has 0 aliphatic carbocycles. The first-order chi connectivity index (χ1) is 14.2. The molecule has 1 aromatic heterocycles. The number of alkyl halides is 3. The average Bonchev–Trinajstić information content (AvgIpc) is 2.70. The number of rotatable bonds is 5. The molecule has 9 heteroatoms. The number of hydrogen-bond donors (Lipinski definition) is 2. The molecule has 0 aliphatic rings. The first-order valence-corrected chi connectivity index (χ1v) is 8.78. The van der Waals surface area contributed by atoms with Crippen LogP contribution in [-0.4, -0.2) is 17.9 Å². The highest BCUT2D eigenvalue weighted by atomic mass is 19.4. The Labute approximate surface area is 169 Å². The number of pyridine rings is 1. The molecular formula is C21H17F4N3O2. The van der Waals surface area contributed by atoms with Gasteiger partial charge in [0, 0.05) is 18.8 Å². The van der Waals surface area contributed by atoms with Gasteiger partial charge in [-0.3, -0.25) is 4.79 Å². The summed E-state index contributed by atoms with van der Waals surface area (Å²) in [7, 11) is 1.80. The van der Waals surface area contributed by atoms with E-state index >= 15 is 0 Å². The third kappa shape index (κ3) is 4.68. The van der Waals surface area contributed by atoms with Crippen LogP contribution in [0.3, 0.4) is 0 Å². The zero-order valence-corrected chi connectivity index (χ0v) is 16.0. The number of halogens is 4. The van der Waals surface area contributed by atoms with E-state index in [2.05, 4.69) is 15.6 Å². The zero-order chi connectivity index (χ0) is 21.9. The number of benzene rings is 2. The standard InChI is InChI=1S/C21H17F4N3O2/c1-12-10-13(26-2)6-8-17(12)30-18-9-7-14(11-27-18)28-20(29)15-4-3-5-16(19(15)22)21(23,24)25/h3-11,26H,1-2H3,(H,28,29). The molecular weight excluding hydrogens is 402 g/mol. The van der Waals surface area contributed by atoms with Crippen molar-refractivity contribution < 1.29 is 27.1 Å². The molecule has 3 aromatic rings. The Hall–Kier alpha value is -3.62. The minimum atomic E-state index is -4.90. The van der Waals surface area contributed by atoms with Crippen molar-refractivity contribution in [2.45, 2.75) is 13.1 Å². The Bertz CT molecular complexity index is 1070. The van der Waals surface area contributed by atoms with Gasteiger partial charge in [0.1, 0.15) is 11.6 Å². The number of amides is 1. The van der Waals surface area contributed by atoms with Crippen LogP contribution in [0.1, 0.15) is 21.5 Å². The van der Waals surface area contributed by atoms with Crippen molar-refractivity contribution in [3.05, 3.63) is 77.2 Å². The van der Waals surface area contributed by atoms with Crippen molar-refractivity contribution in [2.24, 2.45) is 0 Å². The van der Waals surface area contributed by atoms with E-state index in [1.54, 1.807) is 13.1 Å².